The molecule has 4 aromatic rings. The molecule has 0 saturated heterocycles. The number of aromatic nitrogens is 4. The molecule has 0 spiro atoms. The highest BCUT2D eigenvalue weighted by Crippen LogP contribution is 2.22. The lowest BCUT2D eigenvalue weighted by molar-refractivity contribution is 0.463. The molecular weight excluding hydrogens is 418 g/mol. The zero-order valence-electron chi connectivity index (χ0n) is 16.5. The third-order valence-electron chi connectivity index (χ3n) is 4.49. The summed E-state index contributed by atoms with van der Waals surface area (Å²) in [6.45, 7) is 0.223. The molecule has 31 heavy (non-hydrogen) atoms. The quantitative estimate of drug-likeness (QED) is 0.498. The SMILES string of the molecule is Cn1c(=O)nc(Nc2ccc(Oc3ccccn3)cc2)n(Cc2ccc(Cl)cc2)c1=O. The highest BCUT2D eigenvalue weighted by Gasteiger charge is 2.12. The van der Waals surface area contributed by atoms with Gasteiger partial charge in [0.25, 0.3) is 0 Å². The molecule has 0 saturated carbocycles. The Bertz CT molecular complexity index is 1300. The third kappa shape index (κ3) is 4.81. The Balaban J connectivity index is 1.61. The van der Waals surface area contributed by atoms with Gasteiger partial charge >= 0.3 is 11.4 Å². The average Bonchev–Trinajstić information content (AvgIpc) is 2.78. The molecule has 0 aliphatic heterocycles. The third-order valence-corrected chi connectivity index (χ3v) is 4.74. The Kier molecular flexibility index (Phi) is 5.81. The van der Waals surface area contributed by atoms with Crippen molar-refractivity contribution in [3.63, 3.8) is 0 Å². The topological polar surface area (TPSA) is 91.0 Å². The highest BCUT2D eigenvalue weighted by molar-refractivity contribution is 6.30. The summed E-state index contributed by atoms with van der Waals surface area (Å²) in [7, 11) is 1.39. The zero-order chi connectivity index (χ0) is 21.8. The number of pyridine rings is 1. The van der Waals surface area contributed by atoms with Crippen LogP contribution in [0.1, 0.15) is 5.56 Å². The van der Waals surface area contributed by atoms with Gasteiger partial charge < -0.3 is 10.1 Å². The van der Waals surface area contributed by atoms with Crippen molar-refractivity contribution in [3.05, 3.63) is 104 Å². The molecule has 2 aromatic heterocycles. The summed E-state index contributed by atoms with van der Waals surface area (Å²) in [5.74, 6) is 1.22. The number of benzene rings is 2. The van der Waals surface area contributed by atoms with Gasteiger partial charge in [0.1, 0.15) is 5.75 Å². The Labute approximate surface area is 182 Å². The van der Waals surface area contributed by atoms with E-state index in [1.54, 1.807) is 54.7 Å². The van der Waals surface area contributed by atoms with E-state index < -0.39 is 11.4 Å². The van der Waals surface area contributed by atoms with E-state index in [-0.39, 0.29) is 12.5 Å². The number of anilines is 2. The van der Waals surface area contributed by atoms with E-state index in [9.17, 15) is 9.59 Å². The molecule has 0 aliphatic carbocycles. The van der Waals surface area contributed by atoms with Crippen molar-refractivity contribution >= 4 is 23.2 Å². The first-order valence-electron chi connectivity index (χ1n) is 9.38. The number of nitrogens with zero attached hydrogens (tertiary/aromatic N) is 4. The minimum absolute atomic E-state index is 0.140. The van der Waals surface area contributed by atoms with Gasteiger partial charge in [-0.05, 0) is 48.0 Å². The Morgan fingerprint density at radius 1 is 1.00 bits per heavy atom. The van der Waals surface area contributed by atoms with Crippen molar-refractivity contribution in [3.8, 4) is 11.6 Å². The largest absolute Gasteiger partial charge is 0.439 e. The Morgan fingerprint density at radius 2 is 1.74 bits per heavy atom. The molecule has 2 aromatic carbocycles. The molecule has 0 radical (unpaired) electrons. The maximum atomic E-state index is 12.7. The number of rotatable bonds is 6. The highest BCUT2D eigenvalue weighted by atomic mass is 35.5. The van der Waals surface area contributed by atoms with E-state index in [0.29, 0.717) is 22.3 Å². The summed E-state index contributed by atoms with van der Waals surface area (Å²) in [6, 6.07) is 19.5. The van der Waals surface area contributed by atoms with Gasteiger partial charge in [-0.2, -0.15) is 4.98 Å². The maximum absolute atomic E-state index is 12.7. The fourth-order valence-electron chi connectivity index (χ4n) is 2.85. The smallest absolute Gasteiger partial charge is 0.354 e. The molecule has 0 unspecified atom stereocenters. The lowest BCUT2D eigenvalue weighted by Gasteiger charge is -2.14. The van der Waals surface area contributed by atoms with Crippen molar-refractivity contribution in [1.29, 1.82) is 0 Å². The minimum atomic E-state index is -0.644. The molecule has 1 N–H and O–H groups in total. The first kappa shape index (κ1) is 20.4. The van der Waals surface area contributed by atoms with Gasteiger partial charge in [0.05, 0.1) is 6.54 Å². The summed E-state index contributed by atoms with van der Waals surface area (Å²) in [4.78, 5) is 33.0. The van der Waals surface area contributed by atoms with Crippen LogP contribution >= 0.6 is 11.6 Å². The lowest BCUT2D eigenvalue weighted by atomic mass is 10.2. The van der Waals surface area contributed by atoms with Gasteiger partial charge in [-0.15, -0.1) is 0 Å². The number of nitrogens with one attached hydrogen (secondary N) is 1. The molecular formula is C22H18ClN5O3. The van der Waals surface area contributed by atoms with Gasteiger partial charge in [-0.3, -0.25) is 4.57 Å². The van der Waals surface area contributed by atoms with Crippen LogP contribution in [0.5, 0.6) is 11.6 Å². The first-order valence-corrected chi connectivity index (χ1v) is 9.76. The van der Waals surface area contributed by atoms with Crippen LogP contribution in [0.4, 0.5) is 11.6 Å². The molecule has 0 atom stereocenters. The molecule has 0 aliphatic rings. The van der Waals surface area contributed by atoms with Gasteiger partial charge in [-0.1, -0.05) is 29.8 Å². The number of halogens is 1. The molecule has 8 nitrogen and oxygen atoms in total. The van der Waals surface area contributed by atoms with E-state index in [1.807, 2.05) is 18.2 Å². The zero-order valence-corrected chi connectivity index (χ0v) is 17.3. The van der Waals surface area contributed by atoms with E-state index in [0.717, 1.165) is 10.1 Å². The fourth-order valence-corrected chi connectivity index (χ4v) is 2.98. The van der Waals surface area contributed by atoms with E-state index in [2.05, 4.69) is 15.3 Å². The second-order valence-corrected chi connectivity index (χ2v) is 7.13. The summed E-state index contributed by atoms with van der Waals surface area (Å²) in [6.07, 6.45) is 1.65. The summed E-state index contributed by atoms with van der Waals surface area (Å²) < 4.78 is 8.03. The molecule has 9 heteroatoms. The van der Waals surface area contributed by atoms with E-state index in [1.165, 1.54) is 11.6 Å². The second kappa shape index (κ2) is 8.85. The van der Waals surface area contributed by atoms with Crippen LogP contribution < -0.4 is 21.4 Å². The molecule has 4 rings (SSSR count). The summed E-state index contributed by atoms with van der Waals surface area (Å²) in [5.41, 5.74) is 0.356. The minimum Gasteiger partial charge on any atom is -0.439 e. The molecule has 2 heterocycles. The van der Waals surface area contributed by atoms with E-state index in [4.69, 9.17) is 16.3 Å². The van der Waals surface area contributed by atoms with Crippen molar-refractivity contribution < 1.29 is 4.74 Å². The average molecular weight is 436 g/mol. The van der Waals surface area contributed by atoms with Crippen LogP contribution in [0, 0.1) is 0 Å². The predicted molar refractivity (Wildman–Crippen MR) is 118 cm³/mol. The van der Waals surface area contributed by atoms with Crippen molar-refractivity contribution in [2.24, 2.45) is 7.05 Å². The van der Waals surface area contributed by atoms with Crippen molar-refractivity contribution in [2.45, 2.75) is 6.54 Å². The van der Waals surface area contributed by atoms with Crippen molar-refractivity contribution in [1.82, 2.24) is 19.1 Å². The standard InChI is InChI=1S/C22H18ClN5O3/c1-27-21(29)26-20(28(22(27)30)14-15-5-7-16(23)8-6-15)25-17-9-11-18(12-10-17)31-19-4-2-3-13-24-19/h2-13H,14H2,1H3,(H,25,26,29). The van der Waals surface area contributed by atoms with Crippen molar-refractivity contribution in [2.75, 3.05) is 5.32 Å². The van der Waals surface area contributed by atoms with Crippen LogP contribution in [0.25, 0.3) is 0 Å². The van der Waals surface area contributed by atoms with Crippen LogP contribution in [-0.2, 0) is 13.6 Å². The molecule has 0 bridgehead atoms. The number of hydrogen-bond acceptors (Lipinski definition) is 6. The lowest BCUT2D eigenvalue weighted by Crippen LogP contribution is -2.41. The van der Waals surface area contributed by atoms with Gasteiger partial charge in [0, 0.05) is 30.0 Å². The fraction of sp³-hybridized carbons (Fsp3) is 0.0909. The molecule has 156 valence electrons. The normalized spacial score (nSPS) is 10.6. The second-order valence-electron chi connectivity index (χ2n) is 6.69. The van der Waals surface area contributed by atoms with Crippen LogP contribution in [0.3, 0.4) is 0 Å². The number of hydrogen-bond donors (Lipinski definition) is 1. The number of ether oxygens (including phenoxy) is 1. The van der Waals surface area contributed by atoms with E-state index >= 15 is 0 Å². The molecule has 0 amide bonds. The first-order chi connectivity index (χ1) is 15.0. The van der Waals surface area contributed by atoms with Gasteiger partial charge in [-0.25, -0.2) is 19.1 Å². The Hall–Kier alpha value is -3.91. The van der Waals surface area contributed by atoms with Crippen LogP contribution in [-0.4, -0.2) is 19.1 Å². The van der Waals surface area contributed by atoms with Gasteiger partial charge in [0.15, 0.2) is 0 Å². The summed E-state index contributed by atoms with van der Waals surface area (Å²) in [5, 5.41) is 3.64. The maximum Gasteiger partial charge on any atom is 0.354 e. The van der Waals surface area contributed by atoms with Crippen LogP contribution in [0.2, 0.25) is 5.02 Å². The van der Waals surface area contributed by atoms with Gasteiger partial charge in [0.2, 0.25) is 11.8 Å². The predicted octanol–water partition coefficient (Wildman–Crippen LogP) is 3.57. The monoisotopic (exact) mass is 435 g/mol. The Morgan fingerprint density at radius 3 is 2.42 bits per heavy atom. The summed E-state index contributed by atoms with van der Waals surface area (Å²) >= 11 is 5.94. The molecule has 0 fully saturated rings. The van der Waals surface area contributed by atoms with Crippen LogP contribution in [0.15, 0.2) is 82.5 Å².